The van der Waals surface area contributed by atoms with Gasteiger partial charge in [-0.2, -0.15) is 0 Å². The van der Waals surface area contributed by atoms with Crippen LogP contribution >= 0.6 is 15.9 Å². The van der Waals surface area contributed by atoms with Gasteiger partial charge in [0.1, 0.15) is 0 Å². The Kier molecular flexibility index (Phi) is 8.19. The number of rotatable bonds is 9. The summed E-state index contributed by atoms with van der Waals surface area (Å²) in [7, 11) is 1.75. The molecule has 0 aromatic heterocycles. The first-order valence-corrected chi connectivity index (χ1v) is 8.10. The van der Waals surface area contributed by atoms with Crippen LogP contribution in [-0.4, -0.2) is 33.4 Å². The van der Waals surface area contributed by atoms with Gasteiger partial charge in [0.2, 0.25) is 0 Å². The third-order valence-electron chi connectivity index (χ3n) is 3.08. The molecule has 20 heavy (non-hydrogen) atoms. The van der Waals surface area contributed by atoms with E-state index < -0.39 is 0 Å². The lowest BCUT2D eigenvalue weighted by molar-refractivity contribution is 0.204. The molecule has 3 nitrogen and oxygen atoms in total. The van der Waals surface area contributed by atoms with E-state index in [1.54, 1.807) is 7.11 Å². The Labute approximate surface area is 131 Å². The predicted molar refractivity (Wildman–Crippen MR) is 90.4 cm³/mol. The molecule has 1 rings (SSSR count). The van der Waals surface area contributed by atoms with Gasteiger partial charge >= 0.3 is 0 Å². The second-order valence-electron chi connectivity index (χ2n) is 5.40. The number of nitrogens with zero attached hydrogens (tertiary/aromatic N) is 1. The Bertz CT molecular complexity index is 396. The Hall–Kier alpha value is -0.580. The smallest absolute Gasteiger partial charge is 0.0637 e. The summed E-state index contributed by atoms with van der Waals surface area (Å²) in [5, 5.41) is 3.35. The third kappa shape index (κ3) is 5.81. The van der Waals surface area contributed by atoms with E-state index in [1.807, 2.05) is 0 Å². The maximum atomic E-state index is 5.23. The zero-order valence-electron chi connectivity index (χ0n) is 13.1. The molecule has 0 amide bonds. The number of hydrogen-bond acceptors (Lipinski definition) is 3. The molecule has 0 aliphatic carbocycles. The number of nitrogens with one attached hydrogen (secondary N) is 1. The second-order valence-corrected chi connectivity index (χ2v) is 6.25. The zero-order chi connectivity index (χ0) is 15.0. The lowest BCUT2D eigenvalue weighted by Gasteiger charge is -2.27. The van der Waals surface area contributed by atoms with Crippen molar-refractivity contribution in [3.8, 4) is 0 Å². The molecule has 4 heteroatoms. The lowest BCUT2D eigenvalue weighted by atomic mass is 10.1. The Morgan fingerprint density at radius 1 is 1.35 bits per heavy atom. The fraction of sp³-hybridized carbons (Fsp3) is 0.625. The monoisotopic (exact) mass is 342 g/mol. The van der Waals surface area contributed by atoms with Gasteiger partial charge in [0.05, 0.1) is 12.3 Å². The summed E-state index contributed by atoms with van der Waals surface area (Å²) in [6.45, 7) is 11.2. The highest BCUT2D eigenvalue weighted by atomic mass is 79.9. The normalized spacial score (nSPS) is 11.1. The van der Waals surface area contributed by atoms with Crippen LogP contribution in [0.4, 0.5) is 5.69 Å². The molecule has 1 aromatic rings. The molecule has 0 radical (unpaired) electrons. The standard InChI is InChI=1S/C16H27BrN2O/c1-5-18-11-14-6-7-16(15(17)10-14)19(8-9-20-4)12-13(2)3/h6-7,10,13,18H,5,8-9,11-12H2,1-4H3. The molecule has 1 N–H and O–H groups in total. The summed E-state index contributed by atoms with van der Waals surface area (Å²) in [5.74, 6) is 0.625. The maximum absolute atomic E-state index is 5.23. The van der Waals surface area contributed by atoms with Gasteiger partial charge in [0, 0.05) is 31.2 Å². The maximum Gasteiger partial charge on any atom is 0.0637 e. The summed E-state index contributed by atoms with van der Waals surface area (Å²) in [4.78, 5) is 2.38. The van der Waals surface area contributed by atoms with Crippen LogP contribution in [0.1, 0.15) is 26.3 Å². The SMILES string of the molecule is CCNCc1ccc(N(CCOC)CC(C)C)c(Br)c1. The van der Waals surface area contributed by atoms with Gasteiger partial charge in [0.15, 0.2) is 0 Å². The molecule has 0 saturated heterocycles. The summed E-state index contributed by atoms with van der Waals surface area (Å²) in [6, 6.07) is 6.61. The van der Waals surface area contributed by atoms with Crippen molar-refractivity contribution in [3.63, 3.8) is 0 Å². The lowest BCUT2D eigenvalue weighted by Crippen LogP contribution is -2.31. The van der Waals surface area contributed by atoms with Crippen molar-refractivity contribution in [2.75, 3.05) is 38.3 Å². The molecule has 0 aliphatic heterocycles. The summed E-state index contributed by atoms with van der Waals surface area (Å²) >= 11 is 3.71. The minimum atomic E-state index is 0.625. The molecular weight excluding hydrogens is 316 g/mol. The molecule has 0 fully saturated rings. The van der Waals surface area contributed by atoms with E-state index in [4.69, 9.17) is 4.74 Å². The van der Waals surface area contributed by atoms with Crippen LogP contribution in [0.15, 0.2) is 22.7 Å². The van der Waals surface area contributed by atoms with Crippen molar-refractivity contribution in [3.05, 3.63) is 28.2 Å². The summed E-state index contributed by atoms with van der Waals surface area (Å²) < 4.78 is 6.38. The molecule has 0 heterocycles. The minimum Gasteiger partial charge on any atom is -0.383 e. The van der Waals surface area contributed by atoms with E-state index in [0.717, 1.165) is 37.3 Å². The van der Waals surface area contributed by atoms with Crippen LogP contribution in [0, 0.1) is 5.92 Å². The summed E-state index contributed by atoms with van der Waals surface area (Å²) in [5.41, 5.74) is 2.55. The first-order chi connectivity index (χ1) is 9.58. The molecule has 0 spiro atoms. The quantitative estimate of drug-likeness (QED) is 0.740. The number of hydrogen-bond donors (Lipinski definition) is 1. The molecular formula is C16H27BrN2O. The Morgan fingerprint density at radius 2 is 2.10 bits per heavy atom. The van der Waals surface area contributed by atoms with E-state index in [0.29, 0.717) is 5.92 Å². The highest BCUT2D eigenvalue weighted by molar-refractivity contribution is 9.10. The number of methoxy groups -OCH3 is 1. The number of ether oxygens (including phenoxy) is 1. The van der Waals surface area contributed by atoms with Gasteiger partial charge < -0.3 is 15.0 Å². The van der Waals surface area contributed by atoms with E-state index in [-0.39, 0.29) is 0 Å². The molecule has 0 saturated carbocycles. The van der Waals surface area contributed by atoms with Crippen molar-refractivity contribution >= 4 is 21.6 Å². The van der Waals surface area contributed by atoms with E-state index in [9.17, 15) is 0 Å². The van der Waals surface area contributed by atoms with Crippen molar-refractivity contribution < 1.29 is 4.74 Å². The van der Waals surface area contributed by atoms with Gasteiger partial charge in [-0.15, -0.1) is 0 Å². The highest BCUT2D eigenvalue weighted by Crippen LogP contribution is 2.28. The predicted octanol–water partition coefficient (Wildman–Crippen LogP) is 3.67. The van der Waals surface area contributed by atoms with Crippen LogP contribution in [0.25, 0.3) is 0 Å². The second kappa shape index (κ2) is 9.37. The molecule has 0 atom stereocenters. The molecule has 0 bridgehead atoms. The first kappa shape index (κ1) is 17.5. The zero-order valence-corrected chi connectivity index (χ0v) is 14.7. The third-order valence-corrected chi connectivity index (χ3v) is 3.72. The van der Waals surface area contributed by atoms with E-state index in [2.05, 4.69) is 65.1 Å². The fourth-order valence-electron chi connectivity index (χ4n) is 2.14. The Morgan fingerprint density at radius 3 is 2.65 bits per heavy atom. The Balaban J connectivity index is 2.83. The fourth-order valence-corrected chi connectivity index (χ4v) is 2.82. The molecule has 1 aromatic carbocycles. The van der Waals surface area contributed by atoms with Gasteiger partial charge in [-0.3, -0.25) is 0 Å². The molecule has 0 unspecified atom stereocenters. The van der Waals surface area contributed by atoms with Gasteiger partial charge in [-0.1, -0.05) is 26.8 Å². The van der Waals surface area contributed by atoms with Crippen molar-refractivity contribution in [2.24, 2.45) is 5.92 Å². The van der Waals surface area contributed by atoms with E-state index in [1.165, 1.54) is 11.3 Å². The molecule has 114 valence electrons. The van der Waals surface area contributed by atoms with Crippen molar-refractivity contribution in [2.45, 2.75) is 27.3 Å². The highest BCUT2D eigenvalue weighted by Gasteiger charge is 2.12. The largest absolute Gasteiger partial charge is 0.383 e. The van der Waals surface area contributed by atoms with Crippen LogP contribution in [-0.2, 0) is 11.3 Å². The first-order valence-electron chi connectivity index (χ1n) is 7.31. The van der Waals surface area contributed by atoms with Gasteiger partial charge in [-0.05, 0) is 46.1 Å². The number of benzene rings is 1. The summed E-state index contributed by atoms with van der Waals surface area (Å²) in [6.07, 6.45) is 0. The van der Waals surface area contributed by atoms with E-state index >= 15 is 0 Å². The van der Waals surface area contributed by atoms with Crippen LogP contribution in [0.2, 0.25) is 0 Å². The molecule has 0 aliphatic rings. The van der Waals surface area contributed by atoms with Crippen molar-refractivity contribution in [1.29, 1.82) is 0 Å². The van der Waals surface area contributed by atoms with Gasteiger partial charge in [-0.25, -0.2) is 0 Å². The minimum absolute atomic E-state index is 0.625. The number of halogens is 1. The van der Waals surface area contributed by atoms with Gasteiger partial charge in [0.25, 0.3) is 0 Å². The van der Waals surface area contributed by atoms with Crippen LogP contribution in [0.3, 0.4) is 0 Å². The topological polar surface area (TPSA) is 24.5 Å². The average molecular weight is 343 g/mol. The average Bonchev–Trinajstić information content (AvgIpc) is 2.41. The van der Waals surface area contributed by atoms with Crippen LogP contribution in [0.5, 0.6) is 0 Å². The number of anilines is 1. The van der Waals surface area contributed by atoms with Crippen LogP contribution < -0.4 is 10.2 Å². The van der Waals surface area contributed by atoms with Crippen molar-refractivity contribution in [1.82, 2.24) is 5.32 Å².